The van der Waals surface area contributed by atoms with Gasteiger partial charge in [-0.25, -0.2) is 0 Å². The monoisotopic (exact) mass is 348 g/mol. The van der Waals surface area contributed by atoms with Crippen LogP contribution in [0.5, 0.6) is 0 Å². The van der Waals surface area contributed by atoms with Crippen molar-refractivity contribution in [3.05, 3.63) is 78.0 Å². The molecule has 134 valence electrons. The number of benzene rings is 2. The molecule has 0 radical (unpaired) electrons. The molecule has 0 saturated carbocycles. The molecule has 0 amide bonds. The van der Waals surface area contributed by atoms with E-state index in [0.717, 1.165) is 31.2 Å². The van der Waals surface area contributed by atoms with Crippen LogP contribution in [0.1, 0.15) is 42.6 Å². The van der Waals surface area contributed by atoms with Crippen LogP contribution in [0.25, 0.3) is 0 Å². The minimum Gasteiger partial charge on any atom is -0.423 e. The van der Waals surface area contributed by atoms with Gasteiger partial charge in [0.05, 0.1) is 19.1 Å². The summed E-state index contributed by atoms with van der Waals surface area (Å²) in [5, 5.41) is 12.1. The number of hydrogen-bond donors (Lipinski definition) is 1. The van der Waals surface area contributed by atoms with E-state index >= 15 is 0 Å². The largest absolute Gasteiger partial charge is 0.423 e. The van der Waals surface area contributed by atoms with E-state index < -0.39 is 0 Å². The van der Waals surface area contributed by atoms with E-state index in [0.29, 0.717) is 12.3 Å². The zero-order valence-corrected chi connectivity index (χ0v) is 14.8. The summed E-state index contributed by atoms with van der Waals surface area (Å²) in [7, 11) is 0. The Morgan fingerprint density at radius 2 is 1.73 bits per heavy atom. The Morgan fingerprint density at radius 1 is 0.962 bits per heavy atom. The van der Waals surface area contributed by atoms with Crippen molar-refractivity contribution < 1.29 is 4.42 Å². The second-order valence-electron chi connectivity index (χ2n) is 6.72. The first kappa shape index (κ1) is 16.8. The fraction of sp³-hybridized carbons (Fsp3) is 0.333. The highest BCUT2D eigenvalue weighted by molar-refractivity contribution is 5.42. The van der Waals surface area contributed by atoms with Gasteiger partial charge in [-0.15, -0.1) is 10.2 Å². The van der Waals surface area contributed by atoms with E-state index in [1.165, 1.54) is 18.4 Å². The Hall–Kier alpha value is -2.66. The van der Waals surface area contributed by atoms with Gasteiger partial charge in [-0.1, -0.05) is 55.0 Å². The van der Waals surface area contributed by atoms with Crippen LogP contribution < -0.4 is 5.32 Å². The summed E-state index contributed by atoms with van der Waals surface area (Å²) in [6.45, 7) is 1.83. The number of piperidine rings is 1. The Kier molecular flexibility index (Phi) is 5.26. The van der Waals surface area contributed by atoms with Gasteiger partial charge in [0.15, 0.2) is 0 Å². The molecule has 1 N–H and O–H groups in total. The number of para-hydroxylation sites is 1. The number of nitrogens with one attached hydrogen (secondary N) is 1. The predicted octanol–water partition coefficient (Wildman–Crippen LogP) is 4.26. The topological polar surface area (TPSA) is 54.2 Å². The lowest BCUT2D eigenvalue weighted by atomic mass is 10.0. The Labute approximate surface area is 154 Å². The molecule has 1 fully saturated rings. The lowest BCUT2D eigenvalue weighted by Crippen LogP contribution is -2.37. The van der Waals surface area contributed by atoms with Crippen molar-refractivity contribution in [1.82, 2.24) is 15.1 Å². The zero-order chi connectivity index (χ0) is 17.6. The van der Waals surface area contributed by atoms with Gasteiger partial charge in [0.2, 0.25) is 11.8 Å². The van der Waals surface area contributed by atoms with Crippen LogP contribution >= 0.6 is 0 Å². The summed E-state index contributed by atoms with van der Waals surface area (Å²) < 4.78 is 6.02. The number of aromatic nitrogens is 2. The van der Waals surface area contributed by atoms with Crippen LogP contribution in [0, 0.1) is 0 Å². The number of hydrogen-bond acceptors (Lipinski definition) is 5. The molecule has 3 aromatic rings. The predicted molar refractivity (Wildman–Crippen MR) is 102 cm³/mol. The lowest BCUT2D eigenvalue weighted by molar-refractivity contribution is 0.134. The molecule has 1 saturated heterocycles. The number of anilines is 1. The van der Waals surface area contributed by atoms with Gasteiger partial charge in [-0.3, -0.25) is 4.90 Å². The van der Waals surface area contributed by atoms with Gasteiger partial charge in [0.25, 0.3) is 0 Å². The van der Waals surface area contributed by atoms with Crippen LogP contribution in [0.4, 0.5) is 5.69 Å². The number of likely N-dealkylation sites (tertiary alicyclic amines) is 1. The van der Waals surface area contributed by atoms with E-state index in [9.17, 15) is 0 Å². The maximum Gasteiger partial charge on any atom is 0.233 e. The SMILES string of the molecule is c1ccc(Cc2nnc(C3CCCCN3CNc3ccccc3)o2)cc1. The van der Waals surface area contributed by atoms with E-state index in [4.69, 9.17) is 4.42 Å². The first-order valence-electron chi connectivity index (χ1n) is 9.28. The lowest BCUT2D eigenvalue weighted by Gasteiger charge is -2.33. The fourth-order valence-corrected chi connectivity index (χ4v) is 3.45. The molecule has 1 aliphatic heterocycles. The maximum absolute atomic E-state index is 6.02. The van der Waals surface area contributed by atoms with Gasteiger partial charge in [-0.2, -0.15) is 0 Å². The average molecular weight is 348 g/mol. The highest BCUT2D eigenvalue weighted by atomic mass is 16.4. The van der Waals surface area contributed by atoms with Gasteiger partial charge >= 0.3 is 0 Å². The van der Waals surface area contributed by atoms with E-state index in [1.54, 1.807) is 0 Å². The Balaban J connectivity index is 1.43. The van der Waals surface area contributed by atoms with Crippen molar-refractivity contribution in [3.8, 4) is 0 Å². The minimum atomic E-state index is 0.192. The van der Waals surface area contributed by atoms with Crippen LogP contribution in [-0.2, 0) is 6.42 Å². The third-order valence-electron chi connectivity index (χ3n) is 4.84. The van der Waals surface area contributed by atoms with Crippen LogP contribution in [0.15, 0.2) is 65.1 Å². The fourth-order valence-electron chi connectivity index (χ4n) is 3.45. The van der Waals surface area contributed by atoms with Crippen LogP contribution in [-0.4, -0.2) is 28.3 Å². The summed E-state index contributed by atoms with van der Waals surface area (Å²) in [6, 6.07) is 20.7. The van der Waals surface area contributed by atoms with Crippen LogP contribution in [0.2, 0.25) is 0 Å². The summed E-state index contributed by atoms with van der Waals surface area (Å²) in [6.07, 6.45) is 4.15. The molecular weight excluding hydrogens is 324 g/mol. The molecule has 1 aromatic heterocycles. The molecule has 1 aliphatic rings. The highest BCUT2D eigenvalue weighted by Gasteiger charge is 2.28. The smallest absolute Gasteiger partial charge is 0.233 e. The average Bonchev–Trinajstić information content (AvgIpc) is 3.16. The van der Waals surface area contributed by atoms with Crippen molar-refractivity contribution >= 4 is 5.69 Å². The molecular formula is C21H24N4O. The van der Waals surface area contributed by atoms with Gasteiger partial charge in [0, 0.05) is 12.2 Å². The van der Waals surface area contributed by atoms with Crippen molar-refractivity contribution in [2.45, 2.75) is 31.7 Å². The van der Waals surface area contributed by atoms with E-state index in [1.807, 2.05) is 36.4 Å². The van der Waals surface area contributed by atoms with Gasteiger partial charge in [0.1, 0.15) is 0 Å². The summed E-state index contributed by atoms with van der Waals surface area (Å²) >= 11 is 0. The molecule has 5 nitrogen and oxygen atoms in total. The third-order valence-corrected chi connectivity index (χ3v) is 4.84. The molecule has 2 heterocycles. The molecule has 0 aliphatic carbocycles. The van der Waals surface area contributed by atoms with Gasteiger partial charge < -0.3 is 9.73 Å². The molecule has 26 heavy (non-hydrogen) atoms. The van der Waals surface area contributed by atoms with Crippen molar-refractivity contribution in [1.29, 1.82) is 0 Å². The van der Waals surface area contributed by atoms with Crippen molar-refractivity contribution in [2.75, 3.05) is 18.5 Å². The minimum absolute atomic E-state index is 0.192. The van der Waals surface area contributed by atoms with Gasteiger partial charge in [-0.05, 0) is 30.5 Å². The zero-order valence-electron chi connectivity index (χ0n) is 14.8. The molecule has 1 unspecified atom stereocenters. The summed E-state index contributed by atoms with van der Waals surface area (Å²) in [5.41, 5.74) is 2.32. The first-order chi connectivity index (χ1) is 12.9. The second kappa shape index (κ2) is 8.15. The van der Waals surface area contributed by atoms with E-state index in [2.05, 4.69) is 44.7 Å². The van der Waals surface area contributed by atoms with Crippen molar-refractivity contribution in [2.24, 2.45) is 0 Å². The Bertz CT molecular complexity index is 803. The molecule has 0 bridgehead atoms. The molecule has 1 atom stereocenters. The van der Waals surface area contributed by atoms with Crippen molar-refractivity contribution in [3.63, 3.8) is 0 Å². The standard InChI is InChI=1S/C21H24N4O/c1-3-9-17(10-4-1)15-20-23-24-21(26-20)19-13-7-8-14-25(19)16-22-18-11-5-2-6-12-18/h1-6,9-12,19,22H,7-8,13-16H2. The molecule has 4 rings (SSSR count). The summed E-state index contributed by atoms with van der Waals surface area (Å²) in [4.78, 5) is 2.40. The number of nitrogens with zero attached hydrogens (tertiary/aromatic N) is 3. The molecule has 5 heteroatoms. The maximum atomic E-state index is 6.02. The number of rotatable bonds is 6. The van der Waals surface area contributed by atoms with E-state index in [-0.39, 0.29) is 6.04 Å². The normalized spacial score (nSPS) is 17.9. The second-order valence-corrected chi connectivity index (χ2v) is 6.72. The Morgan fingerprint density at radius 3 is 2.54 bits per heavy atom. The molecule has 0 spiro atoms. The van der Waals surface area contributed by atoms with Crippen LogP contribution in [0.3, 0.4) is 0 Å². The molecule has 2 aromatic carbocycles. The quantitative estimate of drug-likeness (QED) is 0.721. The highest BCUT2D eigenvalue weighted by Crippen LogP contribution is 2.30. The summed E-state index contributed by atoms with van der Waals surface area (Å²) in [5.74, 6) is 1.43. The first-order valence-corrected chi connectivity index (χ1v) is 9.28. The third kappa shape index (κ3) is 4.11.